The molecule has 0 saturated carbocycles. The number of carbonyl (C=O) groups excluding carboxylic acids is 1. The minimum absolute atomic E-state index is 0. The van der Waals surface area contributed by atoms with E-state index < -0.39 is 25.3 Å². The highest BCUT2D eigenvalue weighted by Crippen LogP contribution is 2.31. The number of nitrogens with zero attached hydrogens (tertiary/aromatic N) is 5. The van der Waals surface area contributed by atoms with Crippen molar-refractivity contribution in [1.29, 1.82) is 0 Å². The van der Waals surface area contributed by atoms with Gasteiger partial charge in [0.25, 0.3) is 0 Å². The second kappa shape index (κ2) is 17.7. The number of H-pyrrole nitrogens is 2. The summed E-state index contributed by atoms with van der Waals surface area (Å²) in [7, 11) is -7.28. The van der Waals surface area contributed by atoms with Crippen molar-refractivity contribution in [3.05, 3.63) is 97.1 Å². The summed E-state index contributed by atoms with van der Waals surface area (Å²) in [6.45, 7) is 11.8. The summed E-state index contributed by atoms with van der Waals surface area (Å²) in [6, 6.07) is 28.0. The number of halogens is 2. The summed E-state index contributed by atoms with van der Waals surface area (Å²) in [5.74, 6) is 0. The van der Waals surface area contributed by atoms with E-state index in [2.05, 4.69) is 35.5 Å². The van der Waals surface area contributed by atoms with Gasteiger partial charge in [0.05, 0.1) is 20.8 Å². The van der Waals surface area contributed by atoms with Crippen molar-refractivity contribution < 1.29 is 26.4 Å². The van der Waals surface area contributed by atoms with Crippen LogP contribution >= 0.6 is 24.8 Å². The van der Waals surface area contributed by atoms with Crippen LogP contribution in [0, 0.1) is 0 Å². The number of piperazine rings is 2. The number of nitrogens with one attached hydrogen (secondary N) is 3. The molecule has 8 rings (SSSR count). The van der Waals surface area contributed by atoms with Crippen molar-refractivity contribution in [1.82, 2.24) is 30.6 Å². The number of amides is 1. The summed E-state index contributed by atoms with van der Waals surface area (Å²) in [5, 5.41) is 18.6. The first-order valence-electron chi connectivity index (χ1n) is 18.1. The van der Waals surface area contributed by atoms with Gasteiger partial charge in [-0.2, -0.15) is 10.2 Å². The first-order valence-corrected chi connectivity index (χ1v) is 21.0. The van der Waals surface area contributed by atoms with Gasteiger partial charge in [0.15, 0.2) is 10.1 Å². The molecule has 0 atom stereocenters. The molecule has 14 nitrogen and oxygen atoms in total. The highest BCUT2D eigenvalue weighted by atomic mass is 35.5. The van der Waals surface area contributed by atoms with Gasteiger partial charge >= 0.3 is 6.09 Å². The van der Waals surface area contributed by atoms with Gasteiger partial charge in [-0.3, -0.25) is 10.2 Å². The van der Waals surface area contributed by atoms with E-state index in [1.807, 2.05) is 51.1 Å². The van der Waals surface area contributed by atoms with E-state index in [0.29, 0.717) is 48.0 Å². The molecular formula is C39H46Cl2N8O6S2. The van der Waals surface area contributed by atoms with Crippen molar-refractivity contribution >= 4 is 83.8 Å². The van der Waals surface area contributed by atoms with Crippen LogP contribution in [0.1, 0.15) is 20.8 Å². The summed E-state index contributed by atoms with van der Waals surface area (Å²) >= 11 is 0. The quantitative estimate of drug-likeness (QED) is 0.177. The van der Waals surface area contributed by atoms with E-state index in [-0.39, 0.29) is 50.8 Å². The van der Waals surface area contributed by atoms with Crippen LogP contribution in [0.25, 0.3) is 21.8 Å². The van der Waals surface area contributed by atoms with Gasteiger partial charge in [-0.05, 0) is 81.4 Å². The number of sulfone groups is 2. The van der Waals surface area contributed by atoms with Gasteiger partial charge in [-0.15, -0.1) is 24.8 Å². The van der Waals surface area contributed by atoms with E-state index in [1.165, 1.54) is 0 Å². The van der Waals surface area contributed by atoms with Crippen LogP contribution in [0.15, 0.2) is 117 Å². The molecule has 2 saturated heterocycles. The average molecular weight is 858 g/mol. The molecular weight excluding hydrogens is 812 g/mol. The molecule has 304 valence electrons. The molecule has 2 fully saturated rings. The number of benzene rings is 4. The zero-order valence-corrected chi connectivity index (χ0v) is 35.0. The summed E-state index contributed by atoms with van der Waals surface area (Å²) in [6.07, 6.45) is -0.300. The van der Waals surface area contributed by atoms with Gasteiger partial charge < -0.3 is 24.8 Å². The highest BCUT2D eigenvalue weighted by Gasteiger charge is 2.28. The third kappa shape index (κ3) is 9.47. The number of ether oxygens (including phenoxy) is 1. The fourth-order valence-corrected chi connectivity index (χ4v) is 9.34. The number of rotatable bonds is 6. The number of fused-ring (bicyclic) bond motifs is 2. The molecule has 0 bridgehead atoms. The molecule has 18 heteroatoms. The van der Waals surface area contributed by atoms with E-state index in [9.17, 15) is 21.6 Å². The SMILES string of the molecule is CC(C)(C)OC(=O)N1CCN(c2ccc3c(S(=O)(=O)c4ccccc4)[nH]nc3c2)CC1.Cl.Cl.O=S(=O)(c1ccccc1)c1[nH]nc2cc(N3CCNCC3)ccc12. The number of aromatic nitrogens is 4. The molecule has 2 aliphatic heterocycles. The van der Waals surface area contributed by atoms with E-state index in [1.54, 1.807) is 71.6 Å². The number of carbonyl (C=O) groups is 1. The lowest BCUT2D eigenvalue weighted by Gasteiger charge is -2.36. The molecule has 3 N–H and O–H groups in total. The van der Waals surface area contributed by atoms with Gasteiger partial charge in [0.2, 0.25) is 19.7 Å². The summed E-state index contributed by atoms with van der Waals surface area (Å²) in [4.78, 5) is 18.9. The first kappa shape index (κ1) is 43.3. The molecule has 0 unspecified atom stereocenters. The van der Waals surface area contributed by atoms with Crippen LogP contribution in [0.2, 0.25) is 0 Å². The van der Waals surface area contributed by atoms with Gasteiger partial charge in [-0.25, -0.2) is 21.6 Å². The predicted octanol–water partition coefficient (Wildman–Crippen LogP) is 6.10. The molecule has 0 spiro atoms. The zero-order chi connectivity index (χ0) is 38.8. The van der Waals surface area contributed by atoms with Crippen molar-refractivity contribution in [2.24, 2.45) is 0 Å². The second-order valence-corrected chi connectivity index (χ2v) is 18.1. The summed E-state index contributed by atoms with van der Waals surface area (Å²) in [5.41, 5.74) is 2.74. The molecule has 1 amide bonds. The largest absolute Gasteiger partial charge is 0.444 e. The fraction of sp³-hybridized carbons (Fsp3) is 0.308. The Bertz CT molecular complexity index is 2520. The Morgan fingerprint density at radius 1 is 0.614 bits per heavy atom. The Morgan fingerprint density at radius 2 is 1.04 bits per heavy atom. The number of hydrogen-bond acceptors (Lipinski definition) is 11. The van der Waals surface area contributed by atoms with Crippen molar-refractivity contribution in [2.75, 3.05) is 62.2 Å². The smallest absolute Gasteiger partial charge is 0.410 e. The molecule has 4 aromatic carbocycles. The predicted molar refractivity (Wildman–Crippen MR) is 226 cm³/mol. The Labute approximate surface area is 344 Å². The lowest BCUT2D eigenvalue weighted by molar-refractivity contribution is 0.0240. The highest BCUT2D eigenvalue weighted by molar-refractivity contribution is 7.92. The monoisotopic (exact) mass is 856 g/mol. The molecule has 0 radical (unpaired) electrons. The minimum atomic E-state index is -3.68. The Hall–Kier alpha value is -4.87. The maximum absolute atomic E-state index is 13.0. The van der Waals surface area contributed by atoms with Crippen molar-refractivity contribution in [3.8, 4) is 0 Å². The van der Waals surface area contributed by atoms with E-state index in [0.717, 1.165) is 37.6 Å². The standard InChI is InChI=1S/C22H26N4O4S.C17H18N4O2S.2ClH/c1-22(2,3)30-21(27)26-13-11-25(12-14-26)16-9-10-18-19(15-16)23-24-20(18)31(28,29)17-7-5-4-6-8-17;22-24(23,14-4-2-1-3-5-14)17-15-7-6-13(12-16(15)19-20-17)21-10-8-18-9-11-21;;/h4-10,15H,11-14H2,1-3H3,(H,23,24);1-7,12,18H,8-11H2,(H,19,20);2*1H. The zero-order valence-electron chi connectivity index (χ0n) is 31.7. The topological polar surface area (TPSA) is 174 Å². The molecule has 57 heavy (non-hydrogen) atoms. The van der Waals surface area contributed by atoms with Gasteiger partial charge in [0.1, 0.15) is 5.60 Å². The Morgan fingerprint density at radius 3 is 1.46 bits per heavy atom. The van der Waals surface area contributed by atoms with Crippen LogP contribution in [0.3, 0.4) is 0 Å². The molecule has 0 aliphatic carbocycles. The third-order valence-electron chi connectivity index (χ3n) is 9.43. The van der Waals surface area contributed by atoms with Crippen LogP contribution in [0.4, 0.5) is 16.2 Å². The third-order valence-corrected chi connectivity index (χ3v) is 12.9. The van der Waals surface area contributed by atoms with Crippen LogP contribution in [-0.4, -0.2) is 106 Å². The fourth-order valence-electron chi connectivity index (χ4n) is 6.59. The van der Waals surface area contributed by atoms with Gasteiger partial charge in [-0.1, -0.05) is 36.4 Å². The second-order valence-electron chi connectivity index (χ2n) is 14.3. The van der Waals surface area contributed by atoms with Crippen LogP contribution in [-0.2, 0) is 24.4 Å². The number of hydrogen-bond donors (Lipinski definition) is 3. The maximum Gasteiger partial charge on any atom is 0.410 e. The van der Waals surface area contributed by atoms with E-state index >= 15 is 0 Å². The number of anilines is 2. The van der Waals surface area contributed by atoms with Crippen molar-refractivity contribution in [3.63, 3.8) is 0 Å². The maximum atomic E-state index is 13.0. The molecule has 4 heterocycles. The average Bonchev–Trinajstić information content (AvgIpc) is 3.84. The van der Waals surface area contributed by atoms with Crippen LogP contribution < -0.4 is 15.1 Å². The number of aromatic amines is 2. The lowest BCUT2D eigenvalue weighted by Crippen LogP contribution is -2.50. The molecule has 6 aromatic rings. The van der Waals surface area contributed by atoms with Crippen LogP contribution in [0.5, 0.6) is 0 Å². The molecule has 2 aromatic heterocycles. The first-order chi connectivity index (χ1) is 26.3. The summed E-state index contributed by atoms with van der Waals surface area (Å²) < 4.78 is 57.0. The molecule has 2 aliphatic rings. The van der Waals surface area contributed by atoms with Crippen molar-refractivity contribution in [2.45, 2.75) is 46.2 Å². The normalized spacial score (nSPS) is 15.0. The lowest BCUT2D eigenvalue weighted by atomic mass is 10.2. The van der Waals surface area contributed by atoms with E-state index in [4.69, 9.17) is 4.74 Å². The van der Waals surface area contributed by atoms with Gasteiger partial charge in [0, 0.05) is 74.5 Å². The minimum Gasteiger partial charge on any atom is -0.444 e. The Balaban J connectivity index is 0.000000216. The Kier molecular flexibility index (Phi) is 13.5.